The molecule has 0 aromatic carbocycles. The molecule has 1 aliphatic heterocycles. The number of hydrogen-bond acceptors (Lipinski definition) is 3. The Kier molecular flexibility index (Phi) is 5.45. The average Bonchev–Trinajstić information content (AvgIpc) is 2.21. The minimum atomic E-state index is -0.435. The first kappa shape index (κ1) is 12.0. The molecule has 84 valence electrons. The molecule has 0 saturated carbocycles. The second-order valence-electron chi connectivity index (χ2n) is 4.00. The van der Waals surface area contributed by atoms with Crippen LogP contribution < -0.4 is 0 Å². The second-order valence-corrected chi connectivity index (χ2v) is 4.00. The summed E-state index contributed by atoms with van der Waals surface area (Å²) in [6.45, 7) is 5.21. The van der Waals surface area contributed by atoms with Crippen molar-refractivity contribution in [2.75, 3.05) is 13.2 Å². The summed E-state index contributed by atoms with van der Waals surface area (Å²) in [4.78, 5) is 0. The van der Waals surface area contributed by atoms with Gasteiger partial charge < -0.3 is 14.6 Å². The maximum Gasteiger partial charge on any atom is 0.160 e. The Morgan fingerprint density at radius 3 is 2.43 bits per heavy atom. The van der Waals surface area contributed by atoms with E-state index < -0.39 is 6.10 Å². The highest BCUT2D eigenvalue weighted by Crippen LogP contribution is 2.22. The maximum absolute atomic E-state index is 9.21. The van der Waals surface area contributed by atoms with Crippen molar-refractivity contribution in [3.63, 3.8) is 0 Å². The van der Waals surface area contributed by atoms with E-state index in [1.54, 1.807) is 0 Å². The zero-order chi connectivity index (χ0) is 10.4. The van der Waals surface area contributed by atoms with Gasteiger partial charge in [-0.25, -0.2) is 0 Å². The van der Waals surface area contributed by atoms with E-state index in [0.29, 0.717) is 19.1 Å². The van der Waals surface area contributed by atoms with Gasteiger partial charge in [-0.3, -0.25) is 0 Å². The minimum absolute atomic E-state index is 0.0880. The summed E-state index contributed by atoms with van der Waals surface area (Å²) < 4.78 is 10.9. The van der Waals surface area contributed by atoms with Gasteiger partial charge in [0.2, 0.25) is 0 Å². The molecule has 3 heteroatoms. The van der Waals surface area contributed by atoms with Crippen LogP contribution in [0.4, 0.5) is 0 Å². The fourth-order valence-electron chi connectivity index (χ4n) is 1.78. The zero-order valence-electron chi connectivity index (χ0n) is 9.24. The molecule has 3 nitrogen and oxygen atoms in total. The third-order valence-electron chi connectivity index (χ3n) is 2.74. The lowest BCUT2D eigenvalue weighted by molar-refractivity contribution is -0.238. The van der Waals surface area contributed by atoms with E-state index in [9.17, 15) is 5.11 Å². The van der Waals surface area contributed by atoms with E-state index in [2.05, 4.69) is 13.8 Å². The normalized spacial score (nSPS) is 30.2. The van der Waals surface area contributed by atoms with Gasteiger partial charge in [-0.1, -0.05) is 26.7 Å². The summed E-state index contributed by atoms with van der Waals surface area (Å²) in [6.07, 6.45) is 4.16. The summed E-state index contributed by atoms with van der Waals surface area (Å²) >= 11 is 0. The molecular weight excluding hydrogens is 180 g/mol. The smallest absolute Gasteiger partial charge is 0.160 e. The first-order valence-corrected chi connectivity index (χ1v) is 5.69. The fraction of sp³-hybridized carbons (Fsp3) is 1.00. The van der Waals surface area contributed by atoms with Crippen LogP contribution in [0.5, 0.6) is 0 Å². The molecule has 0 spiro atoms. The van der Waals surface area contributed by atoms with Crippen molar-refractivity contribution in [2.24, 2.45) is 5.92 Å². The Morgan fingerprint density at radius 2 is 1.93 bits per heavy atom. The number of ether oxygens (including phenoxy) is 2. The van der Waals surface area contributed by atoms with E-state index in [1.165, 1.54) is 12.8 Å². The van der Waals surface area contributed by atoms with Crippen LogP contribution in [0.15, 0.2) is 0 Å². The van der Waals surface area contributed by atoms with Gasteiger partial charge in [0.05, 0.1) is 13.2 Å². The monoisotopic (exact) mass is 202 g/mol. The average molecular weight is 202 g/mol. The van der Waals surface area contributed by atoms with Gasteiger partial charge in [0, 0.05) is 5.92 Å². The molecule has 1 fully saturated rings. The van der Waals surface area contributed by atoms with Crippen molar-refractivity contribution < 1.29 is 14.6 Å². The van der Waals surface area contributed by atoms with E-state index in [0.717, 1.165) is 12.8 Å². The quantitative estimate of drug-likeness (QED) is 0.740. The van der Waals surface area contributed by atoms with E-state index in [4.69, 9.17) is 9.47 Å². The molecule has 0 aromatic rings. The molecule has 1 heterocycles. The van der Waals surface area contributed by atoms with Crippen molar-refractivity contribution in [2.45, 2.75) is 51.9 Å². The summed E-state index contributed by atoms with van der Waals surface area (Å²) in [6, 6.07) is 0. The van der Waals surface area contributed by atoms with Crippen molar-refractivity contribution in [3.8, 4) is 0 Å². The van der Waals surface area contributed by atoms with Gasteiger partial charge in [0.25, 0.3) is 0 Å². The predicted octanol–water partition coefficient (Wildman–Crippen LogP) is 1.94. The molecule has 0 aromatic heterocycles. The number of rotatable bonds is 5. The number of aliphatic hydroxyl groups excluding tert-OH is 1. The fourth-order valence-corrected chi connectivity index (χ4v) is 1.78. The molecular formula is C11H22O3. The van der Waals surface area contributed by atoms with Gasteiger partial charge in [-0.2, -0.15) is 0 Å². The topological polar surface area (TPSA) is 38.7 Å². The lowest BCUT2D eigenvalue weighted by atomic mass is 9.98. The molecule has 0 radical (unpaired) electrons. The van der Waals surface area contributed by atoms with Gasteiger partial charge in [0.1, 0.15) is 6.10 Å². The molecule has 0 aliphatic carbocycles. The van der Waals surface area contributed by atoms with Crippen molar-refractivity contribution in [1.82, 2.24) is 0 Å². The van der Waals surface area contributed by atoms with Gasteiger partial charge in [-0.15, -0.1) is 0 Å². The Labute approximate surface area is 86.4 Å². The van der Waals surface area contributed by atoms with Gasteiger partial charge in [0.15, 0.2) is 6.29 Å². The summed E-state index contributed by atoms with van der Waals surface area (Å²) in [7, 11) is 0. The van der Waals surface area contributed by atoms with Gasteiger partial charge >= 0.3 is 0 Å². The Bertz CT molecular complexity index is 139. The number of hydrogen-bond donors (Lipinski definition) is 1. The highest BCUT2D eigenvalue weighted by molar-refractivity contribution is 4.67. The molecule has 0 bridgehead atoms. The van der Waals surface area contributed by atoms with E-state index >= 15 is 0 Å². The van der Waals surface area contributed by atoms with Crippen molar-refractivity contribution >= 4 is 0 Å². The van der Waals surface area contributed by atoms with Crippen LogP contribution in [-0.2, 0) is 9.47 Å². The van der Waals surface area contributed by atoms with Crippen LogP contribution in [0.2, 0.25) is 0 Å². The Hall–Kier alpha value is -0.120. The summed E-state index contributed by atoms with van der Waals surface area (Å²) in [5, 5.41) is 9.21. The third-order valence-corrected chi connectivity index (χ3v) is 2.74. The Morgan fingerprint density at radius 1 is 1.29 bits per heavy atom. The highest BCUT2D eigenvalue weighted by atomic mass is 16.7. The molecule has 1 saturated heterocycles. The molecule has 1 rings (SSSR count). The van der Waals surface area contributed by atoms with Crippen LogP contribution in [0.1, 0.15) is 39.5 Å². The molecule has 1 N–H and O–H groups in total. The SMILES string of the molecule is CCCCC(CC)C1OCC(O)CO1. The zero-order valence-corrected chi connectivity index (χ0v) is 9.24. The van der Waals surface area contributed by atoms with Crippen LogP contribution in [0.3, 0.4) is 0 Å². The number of unbranched alkanes of at least 4 members (excludes halogenated alkanes) is 1. The lowest BCUT2D eigenvalue weighted by Gasteiger charge is -2.32. The lowest BCUT2D eigenvalue weighted by Crippen LogP contribution is -2.39. The van der Waals surface area contributed by atoms with E-state index in [1.807, 2.05) is 0 Å². The van der Waals surface area contributed by atoms with Gasteiger partial charge in [-0.05, 0) is 12.8 Å². The summed E-state index contributed by atoms with van der Waals surface area (Å²) in [5.41, 5.74) is 0. The molecule has 1 unspecified atom stereocenters. The molecule has 0 amide bonds. The predicted molar refractivity (Wildman–Crippen MR) is 55.0 cm³/mol. The first-order chi connectivity index (χ1) is 6.77. The largest absolute Gasteiger partial charge is 0.388 e. The molecule has 1 atom stereocenters. The number of aliphatic hydroxyl groups is 1. The van der Waals surface area contributed by atoms with E-state index in [-0.39, 0.29) is 6.29 Å². The highest BCUT2D eigenvalue weighted by Gasteiger charge is 2.26. The third kappa shape index (κ3) is 3.56. The first-order valence-electron chi connectivity index (χ1n) is 5.69. The summed E-state index contributed by atoms with van der Waals surface area (Å²) in [5.74, 6) is 0.488. The second kappa shape index (κ2) is 6.38. The van der Waals surface area contributed by atoms with Crippen LogP contribution in [-0.4, -0.2) is 30.7 Å². The van der Waals surface area contributed by atoms with Crippen molar-refractivity contribution in [1.29, 1.82) is 0 Å². The minimum Gasteiger partial charge on any atom is -0.388 e. The standard InChI is InChI=1S/C11H22O3/c1-3-5-6-9(4-2)11-13-7-10(12)8-14-11/h9-12H,3-8H2,1-2H3. The van der Waals surface area contributed by atoms with Crippen LogP contribution in [0.25, 0.3) is 0 Å². The Balaban J connectivity index is 2.29. The van der Waals surface area contributed by atoms with Crippen LogP contribution in [0, 0.1) is 5.92 Å². The molecule has 1 aliphatic rings. The van der Waals surface area contributed by atoms with Crippen molar-refractivity contribution in [3.05, 3.63) is 0 Å². The maximum atomic E-state index is 9.21. The molecule has 14 heavy (non-hydrogen) atoms. The van der Waals surface area contributed by atoms with Crippen LogP contribution >= 0.6 is 0 Å².